The van der Waals surface area contributed by atoms with Gasteiger partial charge in [-0.15, -0.1) is 0 Å². The minimum Gasteiger partial charge on any atom is -0.393 e. The summed E-state index contributed by atoms with van der Waals surface area (Å²) < 4.78 is 0. The quantitative estimate of drug-likeness (QED) is 0.669. The fraction of sp³-hybridized carbons (Fsp3) is 0.867. The molecule has 0 aromatic rings. The molecule has 1 heteroatoms. The second-order valence-electron chi connectivity index (χ2n) is 6.54. The minimum atomic E-state index is -0.0676. The zero-order valence-corrected chi connectivity index (χ0v) is 11.0. The second kappa shape index (κ2) is 4.18. The Bertz CT molecular complexity index is 283. The Labute approximate surface area is 99.9 Å². The molecule has 0 aliphatic heterocycles. The SMILES string of the molecule is C=C(C)[C@H]1CC[C@]2(C)CC[C@@H](O)[C@H](C)[C@H]2C1. The lowest BCUT2D eigenvalue weighted by Gasteiger charge is -2.52. The van der Waals surface area contributed by atoms with Crippen LogP contribution in [0.1, 0.15) is 52.9 Å². The van der Waals surface area contributed by atoms with Crippen LogP contribution in [0.5, 0.6) is 0 Å². The molecule has 0 radical (unpaired) electrons. The van der Waals surface area contributed by atoms with Gasteiger partial charge in [-0.3, -0.25) is 0 Å². The second-order valence-corrected chi connectivity index (χ2v) is 6.54. The van der Waals surface area contributed by atoms with Gasteiger partial charge in [-0.1, -0.05) is 26.0 Å². The Balaban J connectivity index is 2.15. The van der Waals surface area contributed by atoms with E-state index in [0.717, 1.165) is 6.42 Å². The Morgan fingerprint density at radius 3 is 2.56 bits per heavy atom. The molecule has 2 rings (SSSR count). The summed E-state index contributed by atoms with van der Waals surface area (Å²) >= 11 is 0. The van der Waals surface area contributed by atoms with Crippen LogP contribution in [0.15, 0.2) is 12.2 Å². The van der Waals surface area contributed by atoms with Crippen molar-refractivity contribution in [3.63, 3.8) is 0 Å². The molecule has 2 aliphatic rings. The van der Waals surface area contributed by atoms with Crippen LogP contribution in [0.3, 0.4) is 0 Å². The molecule has 0 heterocycles. The van der Waals surface area contributed by atoms with Gasteiger partial charge in [0.05, 0.1) is 6.10 Å². The van der Waals surface area contributed by atoms with Crippen molar-refractivity contribution in [2.45, 2.75) is 59.0 Å². The number of allylic oxidation sites excluding steroid dienone is 1. The molecule has 0 spiro atoms. The van der Waals surface area contributed by atoms with Gasteiger partial charge in [0.25, 0.3) is 0 Å². The first-order valence-electron chi connectivity index (χ1n) is 6.77. The molecule has 2 saturated carbocycles. The molecular weight excluding hydrogens is 196 g/mol. The maximum Gasteiger partial charge on any atom is 0.0568 e. The highest BCUT2D eigenvalue weighted by atomic mass is 16.3. The molecule has 2 aliphatic carbocycles. The smallest absolute Gasteiger partial charge is 0.0568 e. The van der Waals surface area contributed by atoms with Crippen molar-refractivity contribution in [1.29, 1.82) is 0 Å². The van der Waals surface area contributed by atoms with Crippen molar-refractivity contribution < 1.29 is 5.11 Å². The first-order valence-corrected chi connectivity index (χ1v) is 6.77. The third-order valence-corrected chi connectivity index (χ3v) is 5.45. The summed E-state index contributed by atoms with van der Waals surface area (Å²) in [6.07, 6.45) is 6.04. The van der Waals surface area contributed by atoms with Crippen molar-refractivity contribution >= 4 is 0 Å². The third kappa shape index (κ3) is 1.95. The van der Waals surface area contributed by atoms with Crippen molar-refractivity contribution in [2.75, 3.05) is 0 Å². The number of aliphatic hydroxyl groups excluding tert-OH is 1. The topological polar surface area (TPSA) is 20.2 Å². The van der Waals surface area contributed by atoms with Crippen LogP contribution < -0.4 is 0 Å². The number of fused-ring (bicyclic) bond motifs is 1. The third-order valence-electron chi connectivity index (χ3n) is 5.45. The van der Waals surface area contributed by atoms with E-state index < -0.39 is 0 Å². The van der Waals surface area contributed by atoms with Gasteiger partial charge in [0.15, 0.2) is 0 Å². The van der Waals surface area contributed by atoms with E-state index in [1.165, 1.54) is 31.3 Å². The zero-order valence-electron chi connectivity index (χ0n) is 11.0. The van der Waals surface area contributed by atoms with E-state index in [0.29, 0.717) is 23.2 Å². The van der Waals surface area contributed by atoms with E-state index in [-0.39, 0.29) is 6.10 Å². The van der Waals surface area contributed by atoms with Gasteiger partial charge in [-0.05, 0) is 62.2 Å². The molecule has 92 valence electrons. The summed E-state index contributed by atoms with van der Waals surface area (Å²) in [5.74, 6) is 1.87. The first kappa shape index (κ1) is 12.2. The van der Waals surface area contributed by atoms with Crippen LogP contribution in [0.25, 0.3) is 0 Å². The van der Waals surface area contributed by atoms with Gasteiger partial charge in [-0.2, -0.15) is 0 Å². The van der Waals surface area contributed by atoms with Crippen LogP contribution in [-0.4, -0.2) is 11.2 Å². The molecule has 16 heavy (non-hydrogen) atoms. The highest BCUT2D eigenvalue weighted by Crippen LogP contribution is 2.54. The van der Waals surface area contributed by atoms with Crippen molar-refractivity contribution in [2.24, 2.45) is 23.2 Å². The van der Waals surface area contributed by atoms with Crippen LogP contribution in [-0.2, 0) is 0 Å². The Morgan fingerprint density at radius 1 is 1.31 bits per heavy atom. The molecule has 0 bridgehead atoms. The summed E-state index contributed by atoms with van der Waals surface area (Å²) in [7, 11) is 0. The van der Waals surface area contributed by atoms with Crippen molar-refractivity contribution in [1.82, 2.24) is 0 Å². The van der Waals surface area contributed by atoms with Gasteiger partial charge >= 0.3 is 0 Å². The summed E-state index contributed by atoms with van der Waals surface area (Å²) in [5.41, 5.74) is 1.83. The monoisotopic (exact) mass is 222 g/mol. The molecule has 0 saturated heterocycles. The van der Waals surface area contributed by atoms with E-state index in [9.17, 15) is 5.11 Å². The first-order chi connectivity index (χ1) is 7.44. The highest BCUT2D eigenvalue weighted by Gasteiger charge is 2.47. The van der Waals surface area contributed by atoms with E-state index in [1.807, 2.05) is 0 Å². The summed E-state index contributed by atoms with van der Waals surface area (Å²) in [5, 5.41) is 10.0. The minimum absolute atomic E-state index is 0.0676. The highest BCUT2D eigenvalue weighted by molar-refractivity contribution is 5.05. The number of hydrogen-bond acceptors (Lipinski definition) is 1. The van der Waals surface area contributed by atoms with E-state index in [2.05, 4.69) is 27.4 Å². The van der Waals surface area contributed by atoms with E-state index in [1.54, 1.807) is 0 Å². The van der Waals surface area contributed by atoms with Crippen LogP contribution in [0, 0.1) is 23.2 Å². The summed E-state index contributed by atoms with van der Waals surface area (Å²) in [4.78, 5) is 0. The van der Waals surface area contributed by atoms with Crippen molar-refractivity contribution in [3.8, 4) is 0 Å². The predicted molar refractivity (Wildman–Crippen MR) is 68.2 cm³/mol. The van der Waals surface area contributed by atoms with Gasteiger partial charge in [0, 0.05) is 0 Å². The maximum absolute atomic E-state index is 10.0. The lowest BCUT2D eigenvalue weighted by molar-refractivity contribution is -0.0636. The molecule has 1 N–H and O–H groups in total. The van der Waals surface area contributed by atoms with Gasteiger partial charge in [-0.25, -0.2) is 0 Å². The van der Waals surface area contributed by atoms with E-state index in [4.69, 9.17) is 0 Å². The summed E-state index contributed by atoms with van der Waals surface area (Å²) in [6.45, 7) is 11.0. The molecule has 5 atom stereocenters. The normalized spacial score (nSPS) is 48.5. The standard InChI is InChI=1S/C15H26O/c1-10(2)12-5-7-15(4)8-6-14(16)11(3)13(15)9-12/h11-14,16H,1,5-9H2,2-4H3/t11-,12+,13-,14-,15-/m1/s1. The van der Waals surface area contributed by atoms with E-state index >= 15 is 0 Å². The summed E-state index contributed by atoms with van der Waals surface area (Å²) in [6, 6.07) is 0. The Kier molecular flexibility index (Phi) is 3.18. The van der Waals surface area contributed by atoms with Gasteiger partial charge in [0.1, 0.15) is 0 Å². The zero-order chi connectivity index (χ0) is 11.9. The number of hydrogen-bond donors (Lipinski definition) is 1. The molecule has 0 unspecified atom stereocenters. The molecular formula is C15H26O. The lowest BCUT2D eigenvalue weighted by atomic mass is 9.54. The van der Waals surface area contributed by atoms with Gasteiger partial charge < -0.3 is 5.11 Å². The maximum atomic E-state index is 10.0. The number of rotatable bonds is 1. The van der Waals surface area contributed by atoms with Crippen LogP contribution in [0.2, 0.25) is 0 Å². The fourth-order valence-corrected chi connectivity index (χ4v) is 4.01. The van der Waals surface area contributed by atoms with Gasteiger partial charge in [0.2, 0.25) is 0 Å². The molecule has 0 amide bonds. The predicted octanol–water partition coefficient (Wildman–Crippen LogP) is 3.78. The van der Waals surface area contributed by atoms with Crippen LogP contribution in [0.4, 0.5) is 0 Å². The lowest BCUT2D eigenvalue weighted by Crippen LogP contribution is -2.46. The average molecular weight is 222 g/mol. The fourth-order valence-electron chi connectivity index (χ4n) is 4.01. The Morgan fingerprint density at radius 2 is 1.94 bits per heavy atom. The molecule has 0 aromatic heterocycles. The molecule has 2 fully saturated rings. The largest absolute Gasteiger partial charge is 0.393 e. The van der Waals surface area contributed by atoms with Crippen LogP contribution >= 0.6 is 0 Å². The molecule has 1 nitrogen and oxygen atoms in total. The number of aliphatic hydroxyl groups is 1. The Hall–Kier alpha value is -0.300. The average Bonchev–Trinajstić information content (AvgIpc) is 2.24. The molecule has 0 aromatic carbocycles. The van der Waals surface area contributed by atoms with Crippen molar-refractivity contribution in [3.05, 3.63) is 12.2 Å².